The van der Waals surface area contributed by atoms with Crippen molar-refractivity contribution in [1.29, 1.82) is 0 Å². The number of hydrogen-bond acceptors (Lipinski definition) is 6. The molecular weight excluding hydrogens is 526 g/mol. The second kappa shape index (κ2) is 12.0. The number of ether oxygens (including phenoxy) is 2. The van der Waals surface area contributed by atoms with Crippen LogP contribution in [-0.2, 0) is 16.1 Å². The second-order valence-corrected chi connectivity index (χ2v) is 16.0. The van der Waals surface area contributed by atoms with Gasteiger partial charge in [-0.25, -0.2) is 4.73 Å². The number of aromatic nitrogens is 1. The van der Waals surface area contributed by atoms with E-state index in [9.17, 15) is 14.8 Å². The lowest BCUT2D eigenvalue weighted by Gasteiger charge is -2.37. The van der Waals surface area contributed by atoms with E-state index in [-0.39, 0.29) is 36.5 Å². The Balaban J connectivity index is 1.46. The zero-order chi connectivity index (χ0) is 28.9. The van der Waals surface area contributed by atoms with E-state index in [0.29, 0.717) is 29.1 Å². The summed E-state index contributed by atoms with van der Waals surface area (Å²) in [5.74, 6) is 1.27. The van der Waals surface area contributed by atoms with Crippen LogP contribution in [0.5, 0.6) is 11.5 Å². The molecule has 2 amide bonds. The molecule has 0 unspecified atom stereocenters. The van der Waals surface area contributed by atoms with Gasteiger partial charge in [0.1, 0.15) is 18.1 Å². The number of hydrogen-bond donors (Lipinski definition) is 0. The highest BCUT2D eigenvalue weighted by atomic mass is 28.4. The van der Waals surface area contributed by atoms with Crippen LogP contribution in [0.4, 0.5) is 16.3 Å². The van der Waals surface area contributed by atoms with Crippen molar-refractivity contribution >= 4 is 31.8 Å². The Morgan fingerprint density at radius 3 is 2.52 bits per heavy atom. The van der Waals surface area contributed by atoms with Gasteiger partial charge in [-0.3, -0.25) is 4.79 Å². The molecule has 1 aliphatic rings. The van der Waals surface area contributed by atoms with Crippen molar-refractivity contribution in [2.45, 2.75) is 51.9 Å². The summed E-state index contributed by atoms with van der Waals surface area (Å²) < 4.78 is 18.3. The molecule has 2 aromatic carbocycles. The second-order valence-electron chi connectivity index (χ2n) is 11.3. The van der Waals surface area contributed by atoms with E-state index in [1.165, 1.54) is 11.1 Å². The van der Waals surface area contributed by atoms with E-state index in [2.05, 4.69) is 33.9 Å². The number of carbonyl (C=O) groups is 2. The van der Waals surface area contributed by atoms with Gasteiger partial charge in [0, 0.05) is 25.1 Å². The third-order valence-electron chi connectivity index (χ3n) is 7.32. The van der Waals surface area contributed by atoms with Gasteiger partial charge in [-0.1, -0.05) is 57.2 Å². The Morgan fingerprint density at radius 2 is 1.82 bits per heavy atom. The lowest BCUT2D eigenvalue weighted by atomic mass is 10.2. The van der Waals surface area contributed by atoms with Gasteiger partial charge in [0.2, 0.25) is 8.32 Å². The highest BCUT2D eigenvalue weighted by Gasteiger charge is 2.39. The van der Waals surface area contributed by atoms with Gasteiger partial charge in [0.05, 0.1) is 18.4 Å². The number of amides is 2. The molecule has 0 spiro atoms. The first-order valence-corrected chi connectivity index (χ1v) is 16.3. The molecule has 0 N–H and O–H groups in total. The molecule has 0 atom stereocenters. The number of anilines is 2. The molecule has 0 bridgehead atoms. The molecule has 4 rings (SSSR count). The number of carbonyl (C=O) groups excluding carboxylic acids is 2. The van der Waals surface area contributed by atoms with Gasteiger partial charge < -0.3 is 24.0 Å². The molecule has 40 heavy (non-hydrogen) atoms. The maximum atomic E-state index is 13.1. The topological polar surface area (TPSA) is 95.2 Å². The van der Waals surface area contributed by atoms with E-state index >= 15 is 0 Å². The summed E-state index contributed by atoms with van der Waals surface area (Å²) in [6, 6.07) is 19.7. The lowest BCUT2D eigenvalue weighted by molar-refractivity contribution is -0.591. The molecule has 0 fully saturated rings. The van der Waals surface area contributed by atoms with Crippen molar-refractivity contribution in [2.75, 3.05) is 29.5 Å². The largest absolute Gasteiger partial charge is 0.711 e. The molecule has 0 aliphatic carbocycles. The summed E-state index contributed by atoms with van der Waals surface area (Å²) in [5, 5.41) is 12.5. The zero-order valence-electron chi connectivity index (χ0n) is 23.8. The van der Waals surface area contributed by atoms with Crippen LogP contribution >= 0.6 is 0 Å². The number of fused-ring (bicyclic) bond motifs is 1. The maximum Gasteiger partial charge on any atom is 0.507 e. The highest BCUT2D eigenvalue weighted by Crippen LogP contribution is 2.40. The number of benzene rings is 2. The Labute approximate surface area is 236 Å². The van der Waals surface area contributed by atoms with E-state index in [1.54, 1.807) is 23.1 Å². The molecular formula is C30H37N3O6Si. The fourth-order valence-corrected chi connectivity index (χ4v) is 5.08. The van der Waals surface area contributed by atoms with Crippen molar-refractivity contribution in [3.8, 4) is 11.5 Å². The van der Waals surface area contributed by atoms with Crippen LogP contribution in [0.25, 0.3) is 0 Å². The van der Waals surface area contributed by atoms with Crippen LogP contribution in [0, 0.1) is 5.21 Å². The van der Waals surface area contributed by atoms with Crippen molar-refractivity contribution < 1.29 is 28.2 Å². The van der Waals surface area contributed by atoms with E-state index in [0.717, 1.165) is 11.3 Å². The summed E-state index contributed by atoms with van der Waals surface area (Å²) in [5.41, 5.74) is 1.49. The lowest BCUT2D eigenvalue weighted by Crippen LogP contribution is -2.44. The first-order chi connectivity index (χ1) is 19.0. The maximum absolute atomic E-state index is 13.1. The normalized spacial score (nSPS) is 13.3. The smallest absolute Gasteiger partial charge is 0.507 e. The molecule has 0 saturated heterocycles. The summed E-state index contributed by atoms with van der Waals surface area (Å²) in [7, 11) is -2.04. The van der Waals surface area contributed by atoms with Crippen molar-refractivity contribution in [2.24, 2.45) is 0 Å². The van der Waals surface area contributed by atoms with Gasteiger partial charge in [-0.15, -0.1) is 0 Å². The molecule has 1 aliphatic heterocycles. The minimum atomic E-state index is -2.04. The average molecular weight is 564 g/mol. The van der Waals surface area contributed by atoms with Gasteiger partial charge in [-0.2, -0.15) is 9.69 Å². The van der Waals surface area contributed by atoms with Crippen LogP contribution in [-0.4, -0.2) is 40.0 Å². The zero-order valence-corrected chi connectivity index (χ0v) is 24.8. The monoisotopic (exact) mass is 563 g/mol. The summed E-state index contributed by atoms with van der Waals surface area (Å²) in [6.45, 7) is 11.4. The quantitative estimate of drug-likeness (QED) is 0.189. The third kappa shape index (κ3) is 6.74. The van der Waals surface area contributed by atoms with Crippen molar-refractivity contribution in [3.63, 3.8) is 0 Å². The molecule has 0 saturated carbocycles. The van der Waals surface area contributed by atoms with E-state index < -0.39 is 14.4 Å². The third-order valence-corrected chi connectivity index (χ3v) is 11.7. The first-order valence-electron chi connectivity index (χ1n) is 13.4. The van der Waals surface area contributed by atoms with Crippen LogP contribution in [0.3, 0.4) is 0 Å². The number of nitrogens with zero attached hydrogens (tertiary/aromatic N) is 3. The van der Waals surface area contributed by atoms with Gasteiger partial charge >= 0.3 is 6.09 Å². The number of pyridine rings is 1. The SMILES string of the molecule is CC(C)(C)[Si](C)(C)Oc1ccc2c(c1)OCC(=O)N2CCCN(C(=O)OCc1ccccc1)c1cccc[n+]1[O-]. The minimum Gasteiger partial charge on any atom is -0.711 e. The Bertz CT molecular complexity index is 1340. The summed E-state index contributed by atoms with van der Waals surface area (Å²) in [4.78, 5) is 28.8. The van der Waals surface area contributed by atoms with Gasteiger partial charge in [0.15, 0.2) is 6.61 Å². The highest BCUT2D eigenvalue weighted by molar-refractivity contribution is 6.74. The van der Waals surface area contributed by atoms with Crippen LogP contribution < -0.4 is 23.7 Å². The Kier molecular flexibility index (Phi) is 8.68. The fourth-order valence-electron chi connectivity index (χ4n) is 4.05. The molecule has 3 aromatic rings. The molecule has 9 nitrogen and oxygen atoms in total. The Hall–Kier alpha value is -4.05. The van der Waals surface area contributed by atoms with Crippen molar-refractivity contribution in [3.05, 3.63) is 83.7 Å². The Morgan fingerprint density at radius 1 is 1.10 bits per heavy atom. The molecule has 1 aromatic heterocycles. The average Bonchev–Trinajstić information content (AvgIpc) is 2.91. The number of rotatable bonds is 9. The van der Waals surface area contributed by atoms with Crippen molar-refractivity contribution in [1.82, 2.24) is 0 Å². The predicted octanol–water partition coefficient (Wildman–Crippen LogP) is 5.66. The van der Waals surface area contributed by atoms with Gasteiger partial charge in [0.25, 0.3) is 11.7 Å². The summed E-state index contributed by atoms with van der Waals surface area (Å²) in [6.07, 6.45) is 1.10. The molecule has 212 valence electrons. The van der Waals surface area contributed by atoms with Gasteiger partial charge in [-0.05, 0) is 41.9 Å². The van der Waals surface area contributed by atoms with E-state index in [1.807, 2.05) is 48.5 Å². The van der Waals surface area contributed by atoms with E-state index in [4.69, 9.17) is 13.9 Å². The minimum absolute atomic E-state index is 0.0425. The predicted molar refractivity (Wildman–Crippen MR) is 156 cm³/mol. The first kappa shape index (κ1) is 28.9. The summed E-state index contributed by atoms with van der Waals surface area (Å²) >= 11 is 0. The van der Waals surface area contributed by atoms with Crippen LogP contribution in [0.15, 0.2) is 72.9 Å². The standard InChI is InChI=1S/C30H37N3O6Si/c1-30(2,3)40(4,5)39-24-15-16-25-26(20-24)37-22-28(34)31(25)17-11-18-32(27-14-9-10-19-33(27)36)29(35)38-21-23-12-7-6-8-13-23/h6-10,12-16,19-20H,11,17-18,21-22H2,1-5H3. The fraction of sp³-hybridized carbons (Fsp3) is 0.367. The van der Waals surface area contributed by atoms with Crippen LogP contribution in [0.1, 0.15) is 32.8 Å². The molecule has 10 heteroatoms. The molecule has 2 heterocycles. The molecule has 0 radical (unpaired) electrons. The van der Waals surface area contributed by atoms with Crippen LogP contribution in [0.2, 0.25) is 18.1 Å².